The van der Waals surface area contributed by atoms with Crippen molar-refractivity contribution in [2.45, 2.75) is 11.8 Å². The summed E-state index contributed by atoms with van der Waals surface area (Å²) in [5.41, 5.74) is 1.96. The number of thioether (sulfide) groups is 1. The quantitative estimate of drug-likeness (QED) is 0.454. The van der Waals surface area contributed by atoms with Crippen molar-refractivity contribution >= 4 is 17.4 Å². The SMILES string of the molecule is [C-]#[N+]c1ccc(C)cc1SC. The van der Waals surface area contributed by atoms with Gasteiger partial charge in [-0.15, -0.1) is 11.8 Å². The Labute approximate surface area is 71.3 Å². The molecular formula is C9H9NS. The molecule has 0 aliphatic heterocycles. The van der Waals surface area contributed by atoms with Gasteiger partial charge in [0.1, 0.15) is 0 Å². The van der Waals surface area contributed by atoms with Gasteiger partial charge in [-0.3, -0.25) is 0 Å². The van der Waals surface area contributed by atoms with E-state index in [1.165, 1.54) is 5.56 Å². The van der Waals surface area contributed by atoms with E-state index in [1.807, 2.05) is 31.4 Å². The summed E-state index contributed by atoms with van der Waals surface area (Å²) in [7, 11) is 0. The van der Waals surface area contributed by atoms with Crippen molar-refractivity contribution in [3.05, 3.63) is 35.2 Å². The van der Waals surface area contributed by atoms with E-state index >= 15 is 0 Å². The van der Waals surface area contributed by atoms with E-state index in [4.69, 9.17) is 6.57 Å². The molecule has 56 valence electrons. The van der Waals surface area contributed by atoms with E-state index in [0.717, 1.165) is 10.6 Å². The lowest BCUT2D eigenvalue weighted by Crippen LogP contribution is -1.73. The molecule has 0 unspecified atom stereocenters. The van der Waals surface area contributed by atoms with Gasteiger partial charge in [0.05, 0.1) is 6.57 Å². The number of aryl methyl sites for hydroxylation is 1. The first kappa shape index (κ1) is 8.16. The number of benzene rings is 1. The zero-order valence-corrected chi connectivity index (χ0v) is 7.40. The third-order valence-corrected chi connectivity index (χ3v) is 2.22. The van der Waals surface area contributed by atoms with E-state index in [1.54, 1.807) is 11.8 Å². The van der Waals surface area contributed by atoms with Gasteiger partial charge in [0.2, 0.25) is 5.69 Å². The lowest BCUT2D eigenvalue weighted by Gasteiger charge is -1.99. The number of hydrogen-bond donors (Lipinski definition) is 0. The molecule has 0 radical (unpaired) electrons. The Morgan fingerprint density at radius 2 is 2.18 bits per heavy atom. The van der Waals surface area contributed by atoms with E-state index in [0.29, 0.717) is 0 Å². The van der Waals surface area contributed by atoms with Crippen LogP contribution >= 0.6 is 11.8 Å². The van der Waals surface area contributed by atoms with E-state index in [9.17, 15) is 0 Å². The monoisotopic (exact) mass is 163 g/mol. The highest BCUT2D eigenvalue weighted by Crippen LogP contribution is 2.28. The molecule has 0 atom stereocenters. The molecule has 11 heavy (non-hydrogen) atoms. The van der Waals surface area contributed by atoms with Crippen molar-refractivity contribution in [1.82, 2.24) is 0 Å². The molecule has 1 nitrogen and oxygen atoms in total. The van der Waals surface area contributed by atoms with Crippen molar-refractivity contribution in [3.8, 4) is 0 Å². The van der Waals surface area contributed by atoms with E-state index in [2.05, 4.69) is 4.85 Å². The average Bonchev–Trinajstić information content (AvgIpc) is 2.04. The largest absolute Gasteiger partial charge is 0.237 e. The van der Waals surface area contributed by atoms with Crippen LogP contribution in [-0.2, 0) is 0 Å². The van der Waals surface area contributed by atoms with Crippen LogP contribution in [0.5, 0.6) is 0 Å². The van der Waals surface area contributed by atoms with Gasteiger partial charge in [-0.05, 0) is 13.2 Å². The molecule has 0 amide bonds. The fraction of sp³-hybridized carbons (Fsp3) is 0.222. The predicted octanol–water partition coefficient (Wildman–Crippen LogP) is 3.27. The Morgan fingerprint density at radius 3 is 2.73 bits per heavy atom. The second-order valence-electron chi connectivity index (χ2n) is 2.29. The van der Waals surface area contributed by atoms with Crippen LogP contribution < -0.4 is 0 Å². The highest BCUT2D eigenvalue weighted by molar-refractivity contribution is 7.98. The van der Waals surface area contributed by atoms with Crippen LogP contribution in [0.25, 0.3) is 4.85 Å². The third kappa shape index (κ3) is 1.75. The molecule has 0 N–H and O–H groups in total. The maximum atomic E-state index is 6.87. The molecule has 1 aromatic carbocycles. The van der Waals surface area contributed by atoms with E-state index in [-0.39, 0.29) is 0 Å². The van der Waals surface area contributed by atoms with Gasteiger partial charge in [-0.2, -0.15) is 0 Å². The Balaban J connectivity index is 3.19. The second kappa shape index (κ2) is 3.45. The van der Waals surface area contributed by atoms with Crippen LogP contribution in [0.4, 0.5) is 5.69 Å². The molecule has 0 aromatic heterocycles. The van der Waals surface area contributed by atoms with Crippen molar-refractivity contribution in [3.63, 3.8) is 0 Å². The Bertz CT molecular complexity index is 299. The highest BCUT2D eigenvalue weighted by Gasteiger charge is 1.98. The van der Waals surface area contributed by atoms with Crippen molar-refractivity contribution in [2.75, 3.05) is 6.26 Å². The van der Waals surface area contributed by atoms with Crippen LogP contribution in [-0.4, -0.2) is 6.26 Å². The van der Waals surface area contributed by atoms with Crippen molar-refractivity contribution in [1.29, 1.82) is 0 Å². The van der Waals surface area contributed by atoms with Crippen LogP contribution in [0, 0.1) is 13.5 Å². The maximum Gasteiger partial charge on any atom is 0.200 e. The van der Waals surface area contributed by atoms with E-state index < -0.39 is 0 Å². The third-order valence-electron chi connectivity index (χ3n) is 1.46. The molecule has 0 bridgehead atoms. The van der Waals surface area contributed by atoms with Crippen LogP contribution in [0.15, 0.2) is 23.1 Å². The predicted molar refractivity (Wildman–Crippen MR) is 49.2 cm³/mol. The minimum absolute atomic E-state index is 0.753. The Kier molecular flexibility index (Phi) is 2.56. The summed E-state index contributed by atoms with van der Waals surface area (Å²) in [4.78, 5) is 4.48. The molecule has 0 heterocycles. The molecule has 0 aliphatic rings. The molecule has 1 aromatic rings. The van der Waals surface area contributed by atoms with Crippen molar-refractivity contribution in [2.24, 2.45) is 0 Å². The lowest BCUT2D eigenvalue weighted by molar-refractivity contribution is 1.38. The number of rotatable bonds is 1. The fourth-order valence-corrected chi connectivity index (χ4v) is 1.50. The zero-order valence-electron chi connectivity index (χ0n) is 6.59. The first-order valence-electron chi connectivity index (χ1n) is 3.30. The van der Waals surface area contributed by atoms with Gasteiger partial charge in [0, 0.05) is 4.90 Å². The summed E-state index contributed by atoms with van der Waals surface area (Å²) in [6, 6.07) is 5.87. The number of hydrogen-bond acceptors (Lipinski definition) is 1. The topological polar surface area (TPSA) is 4.36 Å². The van der Waals surface area contributed by atoms with Gasteiger partial charge >= 0.3 is 0 Å². The molecule has 0 saturated heterocycles. The zero-order chi connectivity index (χ0) is 8.27. The van der Waals surface area contributed by atoms with Gasteiger partial charge in [0.25, 0.3) is 0 Å². The lowest BCUT2D eigenvalue weighted by atomic mass is 10.2. The molecule has 0 spiro atoms. The summed E-state index contributed by atoms with van der Waals surface area (Å²) in [5.74, 6) is 0. The Hall–Kier alpha value is -0.940. The van der Waals surface area contributed by atoms with Crippen LogP contribution in [0.1, 0.15) is 5.56 Å². The van der Waals surface area contributed by atoms with Crippen LogP contribution in [0.2, 0.25) is 0 Å². The summed E-state index contributed by atoms with van der Waals surface area (Å²) in [6.07, 6.45) is 1.99. The van der Waals surface area contributed by atoms with Crippen molar-refractivity contribution < 1.29 is 0 Å². The summed E-state index contributed by atoms with van der Waals surface area (Å²) < 4.78 is 0. The highest BCUT2D eigenvalue weighted by atomic mass is 32.2. The first-order valence-corrected chi connectivity index (χ1v) is 4.52. The van der Waals surface area contributed by atoms with Crippen LogP contribution in [0.3, 0.4) is 0 Å². The normalized spacial score (nSPS) is 9.18. The van der Waals surface area contributed by atoms with Gasteiger partial charge in [0.15, 0.2) is 0 Å². The average molecular weight is 163 g/mol. The smallest absolute Gasteiger partial charge is 0.200 e. The molecular weight excluding hydrogens is 154 g/mol. The molecule has 2 heteroatoms. The minimum Gasteiger partial charge on any atom is -0.237 e. The fourth-order valence-electron chi connectivity index (χ4n) is 0.877. The summed E-state index contributed by atoms with van der Waals surface area (Å²) >= 11 is 1.62. The number of nitrogens with zero attached hydrogens (tertiary/aromatic N) is 1. The molecule has 1 rings (SSSR count). The summed E-state index contributed by atoms with van der Waals surface area (Å²) in [6.45, 7) is 8.91. The Morgan fingerprint density at radius 1 is 1.45 bits per heavy atom. The molecule has 0 fully saturated rings. The first-order chi connectivity index (χ1) is 5.27. The van der Waals surface area contributed by atoms with Gasteiger partial charge in [-0.25, -0.2) is 4.85 Å². The van der Waals surface area contributed by atoms with Gasteiger partial charge < -0.3 is 0 Å². The summed E-state index contributed by atoms with van der Waals surface area (Å²) in [5, 5.41) is 0. The standard InChI is InChI=1S/C9H9NS/c1-7-4-5-8(10-2)9(6-7)11-3/h4-6H,1,3H3. The maximum absolute atomic E-state index is 6.87. The van der Waals surface area contributed by atoms with Gasteiger partial charge in [-0.1, -0.05) is 23.8 Å². The second-order valence-corrected chi connectivity index (χ2v) is 3.14. The molecule has 0 saturated carbocycles. The molecule has 0 aliphatic carbocycles. The minimum atomic E-state index is 0.753.